The van der Waals surface area contributed by atoms with Gasteiger partial charge in [-0.05, 0) is 54.2 Å². The third-order valence-electron chi connectivity index (χ3n) is 6.00. The van der Waals surface area contributed by atoms with Gasteiger partial charge >= 0.3 is 18.2 Å². The normalized spacial score (nSPS) is 13.2. The van der Waals surface area contributed by atoms with Crippen molar-refractivity contribution in [2.45, 2.75) is 44.9 Å². The van der Waals surface area contributed by atoms with E-state index in [0.29, 0.717) is 5.56 Å². The number of carbonyl (C=O) groups excluding carboxylic acids is 2. The number of carbonyl (C=O) groups is 3. The van der Waals surface area contributed by atoms with Gasteiger partial charge in [-0.15, -0.1) is 0 Å². The maximum atomic E-state index is 12.6. The molecule has 1 aliphatic carbocycles. The molecule has 37 heavy (non-hydrogen) atoms. The molecule has 0 fully saturated rings. The average Bonchev–Trinajstić information content (AvgIpc) is 3.18. The van der Waals surface area contributed by atoms with E-state index in [4.69, 9.17) is 9.47 Å². The minimum Gasteiger partial charge on any atom is -0.479 e. The Kier molecular flexibility index (Phi) is 7.47. The fourth-order valence-corrected chi connectivity index (χ4v) is 4.36. The van der Waals surface area contributed by atoms with Crippen molar-refractivity contribution < 1.29 is 29.0 Å². The van der Waals surface area contributed by atoms with E-state index in [1.165, 1.54) is 0 Å². The van der Waals surface area contributed by atoms with Crippen molar-refractivity contribution in [2.75, 3.05) is 6.61 Å². The molecule has 0 spiro atoms. The molecule has 2 amide bonds. The molecule has 1 aliphatic rings. The molecule has 3 aromatic rings. The Labute approximate surface area is 215 Å². The molecule has 8 heteroatoms. The number of fused-ring (bicyclic) bond motifs is 3. The third kappa shape index (κ3) is 6.27. The van der Waals surface area contributed by atoms with Gasteiger partial charge in [-0.3, -0.25) is 0 Å². The SMILES string of the molecule is CC(C)(C)OC(=O)NCc1ccc([C@H](NC(=O)OCC2c3ccccc3-c3ccccc32)C(=O)O)cc1. The number of aliphatic carboxylic acids is 1. The zero-order chi connectivity index (χ0) is 26.6. The molecule has 4 rings (SSSR count). The summed E-state index contributed by atoms with van der Waals surface area (Å²) in [7, 11) is 0. The fourth-order valence-electron chi connectivity index (χ4n) is 4.36. The van der Waals surface area contributed by atoms with Crippen molar-refractivity contribution >= 4 is 18.2 Å². The van der Waals surface area contributed by atoms with Gasteiger partial charge < -0.3 is 25.2 Å². The van der Waals surface area contributed by atoms with Crippen LogP contribution in [0.1, 0.15) is 55.0 Å². The molecule has 0 aromatic heterocycles. The van der Waals surface area contributed by atoms with Crippen LogP contribution in [-0.4, -0.2) is 35.5 Å². The van der Waals surface area contributed by atoms with E-state index >= 15 is 0 Å². The van der Waals surface area contributed by atoms with E-state index in [1.807, 2.05) is 48.5 Å². The molecular formula is C29H30N2O6. The summed E-state index contributed by atoms with van der Waals surface area (Å²) in [6.07, 6.45) is -1.36. The van der Waals surface area contributed by atoms with Gasteiger partial charge in [0, 0.05) is 12.5 Å². The van der Waals surface area contributed by atoms with E-state index in [1.54, 1.807) is 45.0 Å². The predicted molar refractivity (Wildman–Crippen MR) is 138 cm³/mol. The Hall–Kier alpha value is -4.33. The summed E-state index contributed by atoms with van der Waals surface area (Å²) >= 11 is 0. The van der Waals surface area contributed by atoms with Crippen molar-refractivity contribution in [3.8, 4) is 11.1 Å². The van der Waals surface area contributed by atoms with Crippen LogP contribution in [0, 0.1) is 0 Å². The first-order valence-corrected chi connectivity index (χ1v) is 12.0. The van der Waals surface area contributed by atoms with Crippen LogP contribution >= 0.6 is 0 Å². The number of amides is 2. The predicted octanol–water partition coefficient (Wildman–Crippen LogP) is 5.38. The Morgan fingerprint density at radius 2 is 1.43 bits per heavy atom. The summed E-state index contributed by atoms with van der Waals surface area (Å²) in [5.41, 5.74) is 4.88. The highest BCUT2D eigenvalue weighted by Crippen LogP contribution is 2.44. The van der Waals surface area contributed by atoms with E-state index in [-0.39, 0.29) is 19.1 Å². The molecule has 1 atom stereocenters. The van der Waals surface area contributed by atoms with E-state index in [2.05, 4.69) is 10.6 Å². The minimum atomic E-state index is -1.29. The summed E-state index contributed by atoms with van der Waals surface area (Å²) in [5.74, 6) is -1.34. The lowest BCUT2D eigenvalue weighted by atomic mass is 9.98. The topological polar surface area (TPSA) is 114 Å². The first-order valence-electron chi connectivity index (χ1n) is 12.0. The average molecular weight is 503 g/mol. The number of carboxylic acids is 1. The number of hydrogen-bond acceptors (Lipinski definition) is 5. The standard InChI is InChI=1S/C29H30N2O6/c1-29(2,3)37-27(34)30-16-18-12-14-19(15-13-18)25(26(32)33)31-28(35)36-17-24-22-10-6-4-8-20(22)21-9-5-7-11-23(21)24/h4-15,24-25H,16-17H2,1-3H3,(H,30,34)(H,31,35)(H,32,33)/t25-/m0/s1. The molecule has 3 aromatic carbocycles. The maximum Gasteiger partial charge on any atom is 0.408 e. The Morgan fingerprint density at radius 3 is 1.97 bits per heavy atom. The van der Waals surface area contributed by atoms with Crippen LogP contribution in [0.3, 0.4) is 0 Å². The Balaban J connectivity index is 1.36. The number of benzene rings is 3. The Morgan fingerprint density at radius 1 is 0.865 bits per heavy atom. The van der Waals surface area contributed by atoms with Crippen molar-refractivity contribution in [3.05, 3.63) is 95.1 Å². The van der Waals surface area contributed by atoms with Gasteiger partial charge in [-0.25, -0.2) is 14.4 Å². The van der Waals surface area contributed by atoms with Crippen LogP contribution in [0.5, 0.6) is 0 Å². The van der Waals surface area contributed by atoms with Gasteiger partial charge in [0.05, 0.1) is 0 Å². The van der Waals surface area contributed by atoms with Gasteiger partial charge in [0.2, 0.25) is 0 Å². The zero-order valence-corrected chi connectivity index (χ0v) is 21.0. The molecule has 0 saturated heterocycles. The summed E-state index contributed by atoms with van der Waals surface area (Å²) in [5, 5.41) is 14.8. The van der Waals surface area contributed by atoms with E-state index < -0.39 is 29.8 Å². The van der Waals surface area contributed by atoms with Crippen LogP contribution in [0.15, 0.2) is 72.8 Å². The molecule has 0 saturated carbocycles. The largest absolute Gasteiger partial charge is 0.479 e. The van der Waals surface area contributed by atoms with Gasteiger partial charge in [0.25, 0.3) is 0 Å². The van der Waals surface area contributed by atoms with Gasteiger partial charge in [0.1, 0.15) is 12.2 Å². The molecule has 0 aliphatic heterocycles. The highest BCUT2D eigenvalue weighted by atomic mass is 16.6. The van der Waals surface area contributed by atoms with Crippen LogP contribution in [-0.2, 0) is 20.8 Å². The fraction of sp³-hybridized carbons (Fsp3) is 0.276. The lowest BCUT2D eigenvalue weighted by molar-refractivity contribution is -0.139. The smallest absolute Gasteiger partial charge is 0.408 e. The van der Waals surface area contributed by atoms with E-state index in [9.17, 15) is 19.5 Å². The second-order valence-electron chi connectivity index (χ2n) is 9.84. The van der Waals surface area contributed by atoms with Crippen molar-refractivity contribution in [1.29, 1.82) is 0 Å². The molecule has 192 valence electrons. The second-order valence-corrected chi connectivity index (χ2v) is 9.84. The lowest BCUT2D eigenvalue weighted by Crippen LogP contribution is -2.35. The Bertz CT molecular complexity index is 1250. The first-order chi connectivity index (χ1) is 17.6. The number of hydrogen-bond donors (Lipinski definition) is 3. The van der Waals surface area contributed by atoms with Gasteiger partial charge in [-0.1, -0.05) is 72.8 Å². The maximum absolute atomic E-state index is 12.6. The van der Waals surface area contributed by atoms with Crippen molar-refractivity contribution in [1.82, 2.24) is 10.6 Å². The molecular weight excluding hydrogens is 472 g/mol. The molecule has 0 heterocycles. The van der Waals surface area contributed by atoms with Gasteiger partial charge in [-0.2, -0.15) is 0 Å². The summed E-state index contributed by atoms with van der Waals surface area (Å²) in [6, 6.07) is 21.2. The summed E-state index contributed by atoms with van der Waals surface area (Å²) in [6.45, 7) is 5.62. The molecule has 8 nitrogen and oxygen atoms in total. The second kappa shape index (κ2) is 10.7. The lowest BCUT2D eigenvalue weighted by Gasteiger charge is -2.20. The number of alkyl carbamates (subject to hydrolysis) is 2. The number of carboxylic acid groups (broad SMARTS) is 1. The number of nitrogens with one attached hydrogen (secondary N) is 2. The highest BCUT2D eigenvalue weighted by Gasteiger charge is 2.30. The zero-order valence-electron chi connectivity index (χ0n) is 21.0. The van der Waals surface area contributed by atoms with Gasteiger partial charge in [0.15, 0.2) is 6.04 Å². The van der Waals surface area contributed by atoms with E-state index in [0.717, 1.165) is 27.8 Å². The number of rotatable bonds is 7. The molecule has 0 bridgehead atoms. The van der Waals surface area contributed by atoms with Crippen LogP contribution in [0.25, 0.3) is 11.1 Å². The molecule has 0 unspecified atom stereocenters. The van der Waals surface area contributed by atoms with Crippen LogP contribution < -0.4 is 10.6 Å². The summed E-state index contributed by atoms with van der Waals surface area (Å²) in [4.78, 5) is 36.4. The first kappa shape index (κ1) is 25.8. The minimum absolute atomic E-state index is 0.0848. The number of ether oxygens (including phenoxy) is 2. The van der Waals surface area contributed by atoms with Crippen molar-refractivity contribution in [2.24, 2.45) is 0 Å². The summed E-state index contributed by atoms with van der Waals surface area (Å²) < 4.78 is 10.7. The monoisotopic (exact) mass is 502 g/mol. The highest BCUT2D eigenvalue weighted by molar-refractivity contribution is 5.82. The van der Waals surface area contributed by atoms with Crippen LogP contribution in [0.2, 0.25) is 0 Å². The third-order valence-corrected chi connectivity index (χ3v) is 6.00. The molecule has 3 N–H and O–H groups in total. The molecule has 0 radical (unpaired) electrons. The van der Waals surface area contributed by atoms with Crippen molar-refractivity contribution in [3.63, 3.8) is 0 Å². The van der Waals surface area contributed by atoms with Crippen LogP contribution in [0.4, 0.5) is 9.59 Å². The quantitative estimate of drug-likeness (QED) is 0.400.